The van der Waals surface area contributed by atoms with Gasteiger partial charge < -0.3 is 19.7 Å². The highest BCUT2D eigenvalue weighted by Gasteiger charge is 2.25. The fourth-order valence-electron chi connectivity index (χ4n) is 2.28. The molecule has 2 amide bonds. The Labute approximate surface area is 118 Å². The van der Waals surface area contributed by atoms with Crippen molar-refractivity contribution in [3.05, 3.63) is 12.4 Å². The van der Waals surface area contributed by atoms with E-state index in [1.807, 2.05) is 13.8 Å². The Morgan fingerprint density at radius 2 is 2.20 bits per heavy atom. The lowest BCUT2D eigenvalue weighted by molar-refractivity contribution is -0.0530. The molecule has 1 aliphatic heterocycles. The van der Waals surface area contributed by atoms with Crippen LogP contribution in [0.15, 0.2) is 12.4 Å². The van der Waals surface area contributed by atoms with Crippen LogP contribution >= 0.6 is 0 Å². The average molecular weight is 282 g/mol. The van der Waals surface area contributed by atoms with Gasteiger partial charge >= 0.3 is 6.03 Å². The molecular formula is C13H22N4O3. The van der Waals surface area contributed by atoms with Crippen LogP contribution in [0.25, 0.3) is 0 Å². The van der Waals surface area contributed by atoms with Crippen LogP contribution in [0.2, 0.25) is 0 Å². The van der Waals surface area contributed by atoms with Gasteiger partial charge in [-0.05, 0) is 13.8 Å². The molecule has 0 radical (unpaired) electrons. The summed E-state index contributed by atoms with van der Waals surface area (Å²) in [6.45, 7) is 6.41. The highest BCUT2D eigenvalue weighted by atomic mass is 16.5. The van der Waals surface area contributed by atoms with Crippen molar-refractivity contribution < 1.29 is 14.3 Å². The highest BCUT2D eigenvalue weighted by molar-refractivity contribution is 5.89. The number of carbonyl (C=O) groups is 1. The number of nitrogens with one attached hydrogen (secondary N) is 1. The standard InChI is InChI=1S/C13H22N4O3/c1-10-7-16(8-11(2)20-10)13(18)15-12-6-14-17(9-12)4-5-19-3/h6,9-11H,4-5,7-8H2,1-3H3,(H,15,18)/t10-,11-/m0/s1. The Kier molecular flexibility index (Phi) is 4.97. The van der Waals surface area contributed by atoms with Gasteiger partial charge in [0, 0.05) is 26.4 Å². The maximum Gasteiger partial charge on any atom is 0.322 e. The zero-order valence-electron chi connectivity index (χ0n) is 12.2. The van der Waals surface area contributed by atoms with Crippen LogP contribution in [0, 0.1) is 0 Å². The van der Waals surface area contributed by atoms with Gasteiger partial charge in [-0.15, -0.1) is 0 Å². The first-order valence-corrected chi connectivity index (χ1v) is 6.81. The Hall–Kier alpha value is -1.60. The van der Waals surface area contributed by atoms with Gasteiger partial charge in [0.05, 0.1) is 37.2 Å². The second-order valence-corrected chi connectivity index (χ2v) is 5.08. The molecule has 1 saturated heterocycles. The van der Waals surface area contributed by atoms with Crippen molar-refractivity contribution in [2.45, 2.75) is 32.6 Å². The number of amides is 2. The number of hydrogen-bond donors (Lipinski definition) is 1. The smallest absolute Gasteiger partial charge is 0.322 e. The number of urea groups is 1. The summed E-state index contributed by atoms with van der Waals surface area (Å²) in [6.07, 6.45) is 3.56. The van der Waals surface area contributed by atoms with E-state index >= 15 is 0 Å². The minimum Gasteiger partial charge on any atom is -0.383 e. The number of carbonyl (C=O) groups excluding carboxylic acids is 1. The summed E-state index contributed by atoms with van der Waals surface area (Å²) in [6, 6.07) is -0.113. The third kappa shape index (κ3) is 3.94. The summed E-state index contributed by atoms with van der Waals surface area (Å²) in [5.74, 6) is 0. The molecule has 0 spiro atoms. The monoisotopic (exact) mass is 282 g/mol. The summed E-state index contributed by atoms with van der Waals surface area (Å²) in [7, 11) is 1.65. The van der Waals surface area contributed by atoms with Crippen molar-refractivity contribution in [2.75, 3.05) is 32.1 Å². The van der Waals surface area contributed by atoms with Crippen LogP contribution in [-0.2, 0) is 16.0 Å². The maximum absolute atomic E-state index is 12.2. The van der Waals surface area contributed by atoms with E-state index in [4.69, 9.17) is 9.47 Å². The minimum atomic E-state index is -0.113. The van der Waals surface area contributed by atoms with Crippen LogP contribution in [0.4, 0.5) is 10.5 Å². The summed E-state index contributed by atoms with van der Waals surface area (Å²) < 4.78 is 12.3. The molecule has 1 aliphatic rings. The zero-order chi connectivity index (χ0) is 14.5. The van der Waals surface area contributed by atoms with E-state index in [0.29, 0.717) is 31.9 Å². The lowest BCUT2D eigenvalue weighted by Crippen LogP contribution is -2.49. The van der Waals surface area contributed by atoms with Crippen LogP contribution in [0.1, 0.15) is 13.8 Å². The minimum absolute atomic E-state index is 0.0638. The number of ether oxygens (including phenoxy) is 2. The molecule has 1 N–H and O–H groups in total. The molecule has 2 heterocycles. The Morgan fingerprint density at radius 1 is 1.50 bits per heavy atom. The van der Waals surface area contributed by atoms with E-state index in [1.165, 1.54) is 0 Å². The van der Waals surface area contributed by atoms with Crippen LogP contribution in [0.5, 0.6) is 0 Å². The number of hydrogen-bond acceptors (Lipinski definition) is 4. The topological polar surface area (TPSA) is 68.6 Å². The molecule has 1 aromatic heterocycles. The Morgan fingerprint density at radius 3 is 2.85 bits per heavy atom. The van der Waals surface area contributed by atoms with Gasteiger partial charge in [-0.25, -0.2) is 4.79 Å². The van der Waals surface area contributed by atoms with Gasteiger partial charge in [-0.2, -0.15) is 5.10 Å². The van der Waals surface area contributed by atoms with Crippen molar-refractivity contribution in [3.63, 3.8) is 0 Å². The van der Waals surface area contributed by atoms with Crippen molar-refractivity contribution >= 4 is 11.7 Å². The fourth-order valence-corrected chi connectivity index (χ4v) is 2.28. The van der Waals surface area contributed by atoms with Gasteiger partial charge in [0.1, 0.15) is 0 Å². The van der Waals surface area contributed by atoms with Gasteiger partial charge in [-0.3, -0.25) is 4.68 Å². The molecule has 0 saturated carbocycles. The molecular weight excluding hydrogens is 260 g/mol. The second-order valence-electron chi connectivity index (χ2n) is 5.08. The lowest BCUT2D eigenvalue weighted by Gasteiger charge is -2.35. The number of morpholine rings is 1. The van der Waals surface area contributed by atoms with Crippen LogP contribution in [0.3, 0.4) is 0 Å². The zero-order valence-corrected chi connectivity index (χ0v) is 12.2. The van der Waals surface area contributed by atoms with Crippen LogP contribution in [-0.4, -0.2) is 59.7 Å². The molecule has 7 heteroatoms. The summed E-state index contributed by atoms with van der Waals surface area (Å²) in [4.78, 5) is 13.9. The molecule has 1 aromatic rings. The van der Waals surface area contributed by atoms with Gasteiger partial charge in [0.2, 0.25) is 0 Å². The molecule has 2 atom stereocenters. The lowest BCUT2D eigenvalue weighted by atomic mass is 10.2. The first kappa shape index (κ1) is 14.8. The third-order valence-electron chi connectivity index (χ3n) is 3.12. The maximum atomic E-state index is 12.2. The predicted molar refractivity (Wildman–Crippen MR) is 74.7 cm³/mol. The van der Waals surface area contributed by atoms with Crippen LogP contribution < -0.4 is 5.32 Å². The number of nitrogens with zero attached hydrogens (tertiary/aromatic N) is 3. The van der Waals surface area contributed by atoms with E-state index in [2.05, 4.69) is 10.4 Å². The molecule has 0 aliphatic carbocycles. The molecule has 112 valence electrons. The number of rotatable bonds is 4. The second kappa shape index (κ2) is 6.71. The SMILES string of the molecule is COCCn1cc(NC(=O)N2C[C@H](C)O[C@@H](C)C2)cn1. The van der Waals surface area contributed by atoms with Crippen molar-refractivity contribution in [1.82, 2.24) is 14.7 Å². The van der Waals surface area contributed by atoms with E-state index in [0.717, 1.165) is 0 Å². The normalized spacial score (nSPS) is 22.9. The molecule has 1 fully saturated rings. The molecule has 0 aromatic carbocycles. The first-order chi connectivity index (χ1) is 9.58. The van der Waals surface area contributed by atoms with Crippen molar-refractivity contribution in [1.29, 1.82) is 0 Å². The molecule has 0 bridgehead atoms. The number of methoxy groups -OCH3 is 1. The first-order valence-electron chi connectivity index (χ1n) is 6.81. The fraction of sp³-hybridized carbons (Fsp3) is 0.692. The van der Waals surface area contributed by atoms with Gasteiger partial charge in [0.25, 0.3) is 0 Å². The number of aromatic nitrogens is 2. The van der Waals surface area contributed by atoms with E-state index in [1.54, 1.807) is 29.1 Å². The van der Waals surface area contributed by atoms with E-state index < -0.39 is 0 Å². The Balaban J connectivity index is 1.88. The molecule has 2 rings (SSSR count). The number of anilines is 1. The average Bonchev–Trinajstić information content (AvgIpc) is 2.82. The van der Waals surface area contributed by atoms with Crippen molar-refractivity contribution in [3.8, 4) is 0 Å². The van der Waals surface area contributed by atoms with E-state index in [-0.39, 0.29) is 18.2 Å². The largest absolute Gasteiger partial charge is 0.383 e. The summed E-state index contributed by atoms with van der Waals surface area (Å²) in [5, 5.41) is 7.02. The molecule has 20 heavy (non-hydrogen) atoms. The van der Waals surface area contributed by atoms with Gasteiger partial charge in [0.15, 0.2) is 0 Å². The highest BCUT2D eigenvalue weighted by Crippen LogP contribution is 2.13. The third-order valence-corrected chi connectivity index (χ3v) is 3.12. The van der Waals surface area contributed by atoms with Gasteiger partial charge in [-0.1, -0.05) is 0 Å². The molecule has 7 nitrogen and oxygen atoms in total. The van der Waals surface area contributed by atoms with E-state index in [9.17, 15) is 4.79 Å². The summed E-state index contributed by atoms with van der Waals surface area (Å²) in [5.41, 5.74) is 0.693. The molecule has 0 unspecified atom stereocenters. The Bertz CT molecular complexity index is 439. The summed E-state index contributed by atoms with van der Waals surface area (Å²) >= 11 is 0. The quantitative estimate of drug-likeness (QED) is 0.900. The predicted octanol–water partition coefficient (Wildman–Crippen LogP) is 1.17. The van der Waals surface area contributed by atoms with Crippen molar-refractivity contribution in [2.24, 2.45) is 0 Å².